The molecule has 0 bridgehead atoms. The summed E-state index contributed by atoms with van der Waals surface area (Å²) in [6.07, 6.45) is 8.64. The van der Waals surface area contributed by atoms with Gasteiger partial charge in [-0.25, -0.2) is 0 Å². The van der Waals surface area contributed by atoms with Gasteiger partial charge in [-0.2, -0.15) is 0 Å². The summed E-state index contributed by atoms with van der Waals surface area (Å²) in [4.78, 5) is 0. The van der Waals surface area contributed by atoms with Gasteiger partial charge in [0.05, 0.1) is 18.2 Å². The first kappa shape index (κ1) is 18.4. The Kier molecular flexibility index (Phi) is 8.05. The maximum absolute atomic E-state index is 5.56. The van der Waals surface area contributed by atoms with Gasteiger partial charge in [0.25, 0.3) is 0 Å². The van der Waals surface area contributed by atoms with Crippen molar-refractivity contribution in [1.29, 1.82) is 0 Å². The van der Waals surface area contributed by atoms with Crippen molar-refractivity contribution in [1.82, 2.24) is 4.57 Å². The Hall–Kier alpha value is -0.920. The summed E-state index contributed by atoms with van der Waals surface area (Å²) in [7, 11) is 1.57. The Balaban J connectivity index is 2.28. The summed E-state index contributed by atoms with van der Waals surface area (Å²) in [5.41, 5.74) is 2.61. The van der Waals surface area contributed by atoms with E-state index in [0.29, 0.717) is 0 Å². The molecule has 0 saturated heterocycles. The van der Waals surface area contributed by atoms with Crippen molar-refractivity contribution < 1.29 is 4.74 Å². The largest absolute Gasteiger partial charge is 0.495 e. The van der Waals surface area contributed by atoms with Crippen LogP contribution in [0.25, 0.3) is 5.69 Å². The average Bonchev–Trinajstić information content (AvgIpc) is 3.07. The van der Waals surface area contributed by atoms with Gasteiger partial charge in [0.1, 0.15) is 5.75 Å². The van der Waals surface area contributed by atoms with Crippen LogP contribution in [0, 0.1) is 0 Å². The number of hydrogen-bond donors (Lipinski definition) is 0. The Morgan fingerprint density at radius 2 is 1.83 bits per heavy atom. The van der Waals surface area contributed by atoms with Gasteiger partial charge in [-0.3, -0.25) is 0 Å². The van der Waals surface area contributed by atoms with E-state index in [1.54, 1.807) is 7.11 Å². The molecular formula is C19H28NOPS. The van der Waals surface area contributed by atoms with Gasteiger partial charge < -0.3 is 9.30 Å². The zero-order valence-corrected chi connectivity index (χ0v) is 16.2. The van der Waals surface area contributed by atoms with E-state index in [2.05, 4.69) is 60.3 Å². The quantitative estimate of drug-likeness (QED) is 0.395. The van der Waals surface area contributed by atoms with Crippen LogP contribution in [0.4, 0.5) is 0 Å². The second-order valence-corrected chi connectivity index (χ2v) is 9.98. The first-order valence-corrected chi connectivity index (χ1v) is 11.6. The van der Waals surface area contributed by atoms with Crippen LogP contribution in [-0.2, 0) is 0 Å². The van der Waals surface area contributed by atoms with Gasteiger partial charge in [-0.05, 0) is 49.0 Å². The Bertz CT molecular complexity index is 584. The Morgan fingerprint density at radius 1 is 1.04 bits per heavy atom. The van der Waals surface area contributed by atoms with Crippen molar-refractivity contribution in [2.45, 2.75) is 39.5 Å². The fraction of sp³-hybridized carbons (Fsp3) is 0.474. The molecule has 1 atom stereocenters. The van der Waals surface area contributed by atoms with E-state index in [0.717, 1.165) is 11.4 Å². The van der Waals surface area contributed by atoms with Crippen molar-refractivity contribution in [2.75, 3.05) is 19.0 Å². The highest BCUT2D eigenvalue weighted by Gasteiger charge is 2.17. The highest BCUT2D eigenvalue weighted by molar-refractivity contribution is 8.57. The van der Waals surface area contributed by atoms with Crippen LogP contribution in [0.5, 0.6) is 5.75 Å². The summed E-state index contributed by atoms with van der Waals surface area (Å²) in [5, 5.41) is 0. The minimum absolute atomic E-state index is 0.174. The summed E-state index contributed by atoms with van der Waals surface area (Å²) in [6.45, 7) is 4.55. The number of rotatable bonds is 10. The van der Waals surface area contributed by atoms with E-state index < -0.39 is 0 Å². The SMILES string of the molecule is CCCCSP(CCCC)c1cccn1-c1ccccc1OC. The van der Waals surface area contributed by atoms with Gasteiger partial charge in [0, 0.05) is 13.3 Å². The maximum Gasteiger partial charge on any atom is 0.142 e. The molecule has 0 amide bonds. The molecule has 1 heterocycles. The lowest BCUT2D eigenvalue weighted by molar-refractivity contribution is 0.413. The number of hydrogen-bond acceptors (Lipinski definition) is 2. The van der Waals surface area contributed by atoms with E-state index in [1.807, 2.05) is 12.1 Å². The third-order valence-corrected chi connectivity index (χ3v) is 8.76. The predicted molar refractivity (Wildman–Crippen MR) is 106 cm³/mol. The van der Waals surface area contributed by atoms with Crippen molar-refractivity contribution in [3.05, 3.63) is 42.6 Å². The van der Waals surface area contributed by atoms with Gasteiger partial charge >= 0.3 is 0 Å². The van der Waals surface area contributed by atoms with Gasteiger partial charge in [0.2, 0.25) is 0 Å². The molecule has 2 aromatic rings. The second kappa shape index (κ2) is 10.1. The molecule has 0 radical (unpaired) electrons. The van der Waals surface area contributed by atoms with Gasteiger partial charge in [-0.1, -0.05) is 38.8 Å². The maximum atomic E-state index is 5.56. The minimum atomic E-state index is -0.174. The fourth-order valence-electron chi connectivity index (χ4n) is 2.47. The standard InChI is InChI=1S/C19H28NOPS/c1-4-6-15-22(23-16-7-5-2)19-13-10-14-20(19)17-11-8-9-12-18(17)21-3/h8-14H,4-7,15-16H2,1-3H3. The number of methoxy groups -OCH3 is 1. The summed E-state index contributed by atoms with van der Waals surface area (Å²) >= 11 is 2.17. The molecule has 1 aromatic carbocycles. The molecule has 4 heteroatoms. The van der Waals surface area contributed by atoms with E-state index in [4.69, 9.17) is 4.74 Å². The molecule has 0 spiro atoms. The lowest BCUT2D eigenvalue weighted by atomic mass is 10.3. The van der Waals surface area contributed by atoms with E-state index in [1.165, 1.54) is 43.0 Å². The second-order valence-electron chi connectivity index (χ2n) is 5.55. The average molecular weight is 349 g/mol. The molecule has 126 valence electrons. The molecule has 0 aliphatic rings. The van der Waals surface area contributed by atoms with Crippen LogP contribution in [0.1, 0.15) is 39.5 Å². The van der Waals surface area contributed by atoms with Crippen LogP contribution in [0.2, 0.25) is 0 Å². The first-order valence-electron chi connectivity index (χ1n) is 8.53. The zero-order valence-electron chi connectivity index (χ0n) is 14.5. The monoisotopic (exact) mass is 349 g/mol. The first-order chi connectivity index (χ1) is 11.3. The molecule has 23 heavy (non-hydrogen) atoms. The molecular weight excluding hydrogens is 321 g/mol. The van der Waals surface area contributed by atoms with Crippen molar-refractivity contribution >= 4 is 23.9 Å². The molecule has 2 rings (SSSR count). The van der Waals surface area contributed by atoms with Gasteiger partial charge in [0.15, 0.2) is 0 Å². The van der Waals surface area contributed by atoms with Crippen molar-refractivity contribution in [3.63, 3.8) is 0 Å². The van der Waals surface area contributed by atoms with Gasteiger partial charge in [-0.15, -0.1) is 11.4 Å². The fourth-order valence-corrected chi connectivity index (χ4v) is 7.54. The normalized spacial score (nSPS) is 12.3. The van der Waals surface area contributed by atoms with Crippen LogP contribution in [-0.4, -0.2) is 23.6 Å². The molecule has 1 unspecified atom stereocenters. The number of aromatic nitrogens is 1. The molecule has 2 nitrogen and oxygen atoms in total. The third kappa shape index (κ3) is 5.02. The molecule has 0 saturated carbocycles. The summed E-state index contributed by atoms with van der Waals surface area (Å²) in [5.74, 6) is 2.21. The molecule has 1 aromatic heterocycles. The van der Waals surface area contributed by atoms with Crippen LogP contribution in [0.15, 0.2) is 42.6 Å². The number of para-hydroxylation sites is 2. The molecule has 0 aliphatic heterocycles. The lowest BCUT2D eigenvalue weighted by Gasteiger charge is -2.20. The number of benzene rings is 1. The molecule has 0 aliphatic carbocycles. The number of nitrogens with zero attached hydrogens (tertiary/aromatic N) is 1. The predicted octanol–water partition coefficient (Wildman–Crippen LogP) is 5.84. The third-order valence-electron chi connectivity index (χ3n) is 3.79. The van der Waals surface area contributed by atoms with E-state index in [9.17, 15) is 0 Å². The highest BCUT2D eigenvalue weighted by atomic mass is 32.7. The van der Waals surface area contributed by atoms with Crippen LogP contribution in [0.3, 0.4) is 0 Å². The van der Waals surface area contributed by atoms with E-state index in [-0.39, 0.29) is 7.12 Å². The minimum Gasteiger partial charge on any atom is -0.495 e. The Labute approximate surface area is 146 Å². The number of ether oxygens (including phenoxy) is 1. The molecule has 0 fully saturated rings. The topological polar surface area (TPSA) is 14.2 Å². The zero-order chi connectivity index (χ0) is 16.5. The number of unbranched alkanes of at least 4 members (excludes halogenated alkanes) is 2. The van der Waals surface area contributed by atoms with E-state index >= 15 is 0 Å². The van der Waals surface area contributed by atoms with Crippen molar-refractivity contribution in [3.8, 4) is 11.4 Å². The van der Waals surface area contributed by atoms with Crippen LogP contribution >= 0.6 is 18.5 Å². The molecule has 0 N–H and O–H groups in total. The Morgan fingerprint density at radius 3 is 2.57 bits per heavy atom. The lowest BCUT2D eigenvalue weighted by Crippen LogP contribution is -2.14. The van der Waals surface area contributed by atoms with Crippen molar-refractivity contribution in [2.24, 2.45) is 0 Å². The smallest absolute Gasteiger partial charge is 0.142 e. The summed E-state index contributed by atoms with van der Waals surface area (Å²) < 4.78 is 7.90. The van der Waals surface area contributed by atoms with Crippen LogP contribution < -0.4 is 10.2 Å². The summed E-state index contributed by atoms with van der Waals surface area (Å²) in [6, 6.07) is 12.8. The highest BCUT2D eigenvalue weighted by Crippen LogP contribution is 2.50.